The fourth-order valence-corrected chi connectivity index (χ4v) is 1.99. The molecule has 1 aromatic carbocycles. The van der Waals surface area contributed by atoms with Gasteiger partial charge in [0.15, 0.2) is 0 Å². The summed E-state index contributed by atoms with van der Waals surface area (Å²) in [5, 5.41) is 4.25. The molecule has 3 aromatic rings. The lowest BCUT2D eigenvalue weighted by atomic mass is 10.2. The number of anilines is 1. The summed E-state index contributed by atoms with van der Waals surface area (Å²) in [4.78, 5) is 12.6. The van der Waals surface area contributed by atoms with Crippen molar-refractivity contribution in [2.75, 3.05) is 12.4 Å². The minimum atomic E-state index is 0.664. The Balaban J connectivity index is 1.90. The van der Waals surface area contributed by atoms with Crippen molar-refractivity contribution in [3.63, 3.8) is 0 Å². The molecule has 1 N–H and O–H groups in total. The highest BCUT2D eigenvalue weighted by Gasteiger charge is 2.05. The van der Waals surface area contributed by atoms with E-state index in [1.54, 1.807) is 19.6 Å². The molecular formula is C15H14N4O. The van der Waals surface area contributed by atoms with Gasteiger partial charge in [0, 0.05) is 24.3 Å². The van der Waals surface area contributed by atoms with Gasteiger partial charge in [0.25, 0.3) is 0 Å². The molecule has 2 aromatic heterocycles. The smallest absolute Gasteiger partial charge is 0.137 e. The molecule has 0 aliphatic rings. The Morgan fingerprint density at radius 3 is 2.95 bits per heavy atom. The first-order chi connectivity index (χ1) is 9.86. The number of ether oxygens (including phenoxy) is 1. The van der Waals surface area contributed by atoms with Crippen molar-refractivity contribution >= 4 is 16.7 Å². The third-order valence-electron chi connectivity index (χ3n) is 3.03. The van der Waals surface area contributed by atoms with E-state index in [-0.39, 0.29) is 0 Å². The summed E-state index contributed by atoms with van der Waals surface area (Å²) in [6.45, 7) is 0.664. The molecular weight excluding hydrogens is 252 g/mol. The molecule has 0 spiro atoms. The molecule has 0 unspecified atom stereocenters. The zero-order valence-corrected chi connectivity index (χ0v) is 11.1. The van der Waals surface area contributed by atoms with Gasteiger partial charge in [0.2, 0.25) is 0 Å². The lowest BCUT2D eigenvalue weighted by molar-refractivity contribution is 0.415. The second-order valence-corrected chi connectivity index (χ2v) is 4.32. The number of benzene rings is 1. The Kier molecular flexibility index (Phi) is 3.41. The fraction of sp³-hybridized carbons (Fsp3) is 0.133. The highest BCUT2D eigenvalue weighted by molar-refractivity contribution is 5.89. The standard InChI is InChI=1S/C15H14N4O/c1-20-12-4-5-14-13(7-12)15(19-10-18-14)17-9-11-3-2-6-16-8-11/h2-8,10H,9H2,1H3,(H,17,18,19). The van der Waals surface area contributed by atoms with Crippen molar-refractivity contribution in [1.82, 2.24) is 15.0 Å². The summed E-state index contributed by atoms with van der Waals surface area (Å²) in [5.74, 6) is 1.58. The van der Waals surface area contributed by atoms with Crippen LogP contribution >= 0.6 is 0 Å². The van der Waals surface area contributed by atoms with Crippen LogP contribution in [0, 0.1) is 0 Å². The fourth-order valence-electron chi connectivity index (χ4n) is 1.99. The summed E-state index contributed by atoms with van der Waals surface area (Å²) in [6.07, 6.45) is 5.14. The molecule has 0 saturated carbocycles. The summed E-state index contributed by atoms with van der Waals surface area (Å²) in [7, 11) is 1.65. The average molecular weight is 266 g/mol. The van der Waals surface area contributed by atoms with Crippen LogP contribution in [0.3, 0.4) is 0 Å². The van der Waals surface area contributed by atoms with Crippen LogP contribution in [-0.2, 0) is 6.54 Å². The van der Waals surface area contributed by atoms with Crippen LogP contribution < -0.4 is 10.1 Å². The summed E-state index contributed by atoms with van der Waals surface area (Å²) < 4.78 is 5.25. The Bertz CT molecular complexity index is 715. The lowest BCUT2D eigenvalue weighted by Crippen LogP contribution is -2.02. The summed E-state index contributed by atoms with van der Waals surface area (Å²) in [6, 6.07) is 9.67. The number of nitrogens with zero attached hydrogens (tertiary/aromatic N) is 3. The number of methoxy groups -OCH3 is 1. The van der Waals surface area contributed by atoms with Crippen LogP contribution in [0.25, 0.3) is 10.9 Å². The van der Waals surface area contributed by atoms with Gasteiger partial charge in [-0.15, -0.1) is 0 Å². The normalized spacial score (nSPS) is 10.4. The number of aromatic nitrogens is 3. The number of hydrogen-bond acceptors (Lipinski definition) is 5. The van der Waals surface area contributed by atoms with Gasteiger partial charge in [-0.1, -0.05) is 6.07 Å². The SMILES string of the molecule is COc1ccc2ncnc(NCc3cccnc3)c2c1. The molecule has 0 aliphatic carbocycles. The Labute approximate surface area is 116 Å². The molecule has 100 valence electrons. The molecule has 0 atom stereocenters. The quantitative estimate of drug-likeness (QED) is 0.786. The van der Waals surface area contributed by atoms with Crippen molar-refractivity contribution < 1.29 is 4.74 Å². The maximum absolute atomic E-state index is 5.25. The molecule has 2 heterocycles. The highest BCUT2D eigenvalue weighted by atomic mass is 16.5. The first kappa shape index (κ1) is 12.3. The van der Waals surface area contributed by atoms with E-state index < -0.39 is 0 Å². The van der Waals surface area contributed by atoms with Crippen LogP contribution in [0.2, 0.25) is 0 Å². The van der Waals surface area contributed by atoms with Crippen molar-refractivity contribution in [3.05, 3.63) is 54.6 Å². The van der Waals surface area contributed by atoms with Gasteiger partial charge in [-0.2, -0.15) is 0 Å². The Hall–Kier alpha value is -2.69. The third-order valence-corrected chi connectivity index (χ3v) is 3.03. The number of rotatable bonds is 4. The molecule has 20 heavy (non-hydrogen) atoms. The number of pyridine rings is 1. The van der Waals surface area contributed by atoms with Crippen LogP contribution in [0.1, 0.15) is 5.56 Å². The number of fused-ring (bicyclic) bond motifs is 1. The van der Waals surface area contributed by atoms with E-state index in [1.165, 1.54) is 0 Å². The zero-order valence-electron chi connectivity index (χ0n) is 11.1. The molecule has 0 bridgehead atoms. The predicted octanol–water partition coefficient (Wildman–Crippen LogP) is 2.65. The Morgan fingerprint density at radius 1 is 1.20 bits per heavy atom. The van der Waals surface area contributed by atoms with E-state index in [0.29, 0.717) is 6.54 Å². The molecule has 0 saturated heterocycles. The molecule has 5 heteroatoms. The van der Waals surface area contributed by atoms with E-state index >= 15 is 0 Å². The van der Waals surface area contributed by atoms with E-state index in [4.69, 9.17) is 4.74 Å². The minimum absolute atomic E-state index is 0.664. The second kappa shape index (κ2) is 5.52. The number of nitrogens with one attached hydrogen (secondary N) is 1. The van der Waals surface area contributed by atoms with E-state index in [1.807, 2.05) is 36.5 Å². The van der Waals surface area contributed by atoms with Crippen molar-refractivity contribution in [1.29, 1.82) is 0 Å². The predicted molar refractivity (Wildman–Crippen MR) is 77.7 cm³/mol. The van der Waals surface area contributed by atoms with E-state index in [0.717, 1.165) is 28.0 Å². The molecule has 0 radical (unpaired) electrons. The zero-order chi connectivity index (χ0) is 13.8. The van der Waals surface area contributed by atoms with Gasteiger partial charge in [-0.3, -0.25) is 4.98 Å². The first-order valence-electron chi connectivity index (χ1n) is 6.28. The molecule has 0 aliphatic heterocycles. The molecule has 0 amide bonds. The minimum Gasteiger partial charge on any atom is -0.497 e. The van der Waals surface area contributed by atoms with Crippen molar-refractivity contribution in [2.24, 2.45) is 0 Å². The summed E-state index contributed by atoms with van der Waals surface area (Å²) in [5.41, 5.74) is 1.98. The van der Waals surface area contributed by atoms with Gasteiger partial charge in [-0.25, -0.2) is 9.97 Å². The van der Waals surface area contributed by atoms with E-state index in [2.05, 4.69) is 20.3 Å². The summed E-state index contributed by atoms with van der Waals surface area (Å²) >= 11 is 0. The van der Waals surface area contributed by atoms with Crippen molar-refractivity contribution in [3.8, 4) is 5.75 Å². The molecule has 0 fully saturated rings. The maximum Gasteiger partial charge on any atom is 0.137 e. The second-order valence-electron chi connectivity index (χ2n) is 4.32. The monoisotopic (exact) mass is 266 g/mol. The third kappa shape index (κ3) is 2.51. The van der Waals surface area contributed by atoms with Gasteiger partial charge < -0.3 is 10.1 Å². The van der Waals surface area contributed by atoms with Crippen LogP contribution in [0.15, 0.2) is 49.1 Å². The highest BCUT2D eigenvalue weighted by Crippen LogP contribution is 2.24. The van der Waals surface area contributed by atoms with Gasteiger partial charge >= 0.3 is 0 Å². The van der Waals surface area contributed by atoms with Gasteiger partial charge in [-0.05, 0) is 29.8 Å². The van der Waals surface area contributed by atoms with E-state index in [9.17, 15) is 0 Å². The average Bonchev–Trinajstić information content (AvgIpc) is 2.53. The Morgan fingerprint density at radius 2 is 2.15 bits per heavy atom. The first-order valence-corrected chi connectivity index (χ1v) is 6.28. The van der Waals surface area contributed by atoms with Gasteiger partial charge in [0.1, 0.15) is 17.9 Å². The number of hydrogen-bond donors (Lipinski definition) is 1. The van der Waals surface area contributed by atoms with Crippen LogP contribution in [-0.4, -0.2) is 22.1 Å². The van der Waals surface area contributed by atoms with Crippen LogP contribution in [0.5, 0.6) is 5.75 Å². The maximum atomic E-state index is 5.25. The van der Waals surface area contributed by atoms with Crippen LogP contribution in [0.4, 0.5) is 5.82 Å². The van der Waals surface area contributed by atoms with Gasteiger partial charge in [0.05, 0.1) is 12.6 Å². The molecule has 3 rings (SSSR count). The lowest BCUT2D eigenvalue weighted by Gasteiger charge is -2.09. The topological polar surface area (TPSA) is 59.9 Å². The molecule has 5 nitrogen and oxygen atoms in total. The largest absolute Gasteiger partial charge is 0.497 e. The van der Waals surface area contributed by atoms with Crippen molar-refractivity contribution in [2.45, 2.75) is 6.54 Å².